The average Bonchev–Trinajstić information content (AvgIpc) is 2.20. The van der Waals surface area contributed by atoms with Gasteiger partial charge in [0.05, 0.1) is 0 Å². The van der Waals surface area contributed by atoms with Crippen LogP contribution in [0.3, 0.4) is 0 Å². The fourth-order valence-corrected chi connectivity index (χ4v) is 1.86. The molecule has 1 rings (SSSR count). The Balaban J connectivity index is 3.30. The summed E-state index contributed by atoms with van der Waals surface area (Å²) in [4.78, 5) is 0. The Morgan fingerprint density at radius 1 is 1.11 bits per heavy atom. The molecule has 0 saturated heterocycles. The lowest BCUT2D eigenvalue weighted by Gasteiger charge is -2.18. The molecule has 106 valence electrons. The lowest BCUT2D eigenvalue weighted by atomic mass is 10.1. The summed E-state index contributed by atoms with van der Waals surface area (Å²) in [6, 6.07) is 3.15. The quantitative estimate of drug-likeness (QED) is 0.440. The Hall–Kier alpha value is -1.04. The van der Waals surface area contributed by atoms with E-state index in [1.54, 1.807) is 20.8 Å². The highest BCUT2D eigenvalue weighted by atomic mass is 32.2. The Morgan fingerprint density at radius 3 is 2.16 bits per heavy atom. The van der Waals surface area contributed by atoms with Gasteiger partial charge in [0.25, 0.3) is 5.92 Å². The summed E-state index contributed by atoms with van der Waals surface area (Å²) >= 11 is 0.897. The summed E-state index contributed by atoms with van der Waals surface area (Å²) in [6.07, 6.45) is 0. The minimum atomic E-state index is -3.35. The van der Waals surface area contributed by atoms with E-state index in [2.05, 4.69) is 4.40 Å². The van der Waals surface area contributed by atoms with Gasteiger partial charge in [0.1, 0.15) is 5.71 Å². The van der Waals surface area contributed by atoms with Gasteiger partial charge in [-0.3, -0.25) is 0 Å². The molecular weight excluding hydrogens is 278 g/mol. The van der Waals surface area contributed by atoms with Gasteiger partial charge < -0.3 is 0 Å². The second-order valence-corrected chi connectivity index (χ2v) is 6.72. The predicted molar refractivity (Wildman–Crippen MR) is 70.9 cm³/mol. The lowest BCUT2D eigenvalue weighted by molar-refractivity contribution is 0.101. The number of hydrogen-bond donors (Lipinski definition) is 0. The maximum atomic E-state index is 13.6. The molecule has 0 atom stereocenters. The first kappa shape index (κ1) is 16.0. The van der Waals surface area contributed by atoms with Gasteiger partial charge in [-0.1, -0.05) is 6.07 Å². The van der Waals surface area contributed by atoms with Crippen molar-refractivity contribution in [1.29, 1.82) is 0 Å². The molecule has 19 heavy (non-hydrogen) atoms. The van der Waals surface area contributed by atoms with Crippen LogP contribution in [-0.4, -0.2) is 16.4 Å². The summed E-state index contributed by atoms with van der Waals surface area (Å²) in [5.74, 6) is -5.83. The van der Waals surface area contributed by atoms with E-state index in [0.717, 1.165) is 24.1 Å². The summed E-state index contributed by atoms with van der Waals surface area (Å²) in [7, 11) is 0. The van der Waals surface area contributed by atoms with Crippen LogP contribution in [0.1, 0.15) is 33.3 Å². The first-order chi connectivity index (χ1) is 8.52. The van der Waals surface area contributed by atoms with Gasteiger partial charge in [-0.25, -0.2) is 13.2 Å². The molecule has 1 aromatic rings. The van der Waals surface area contributed by atoms with Crippen LogP contribution in [0, 0.1) is 11.6 Å². The smallest absolute Gasteiger partial charge is 0.214 e. The van der Waals surface area contributed by atoms with Gasteiger partial charge in [0.15, 0.2) is 11.6 Å². The Morgan fingerprint density at radius 2 is 1.68 bits per heavy atom. The molecule has 1 aromatic carbocycles. The molecule has 0 heterocycles. The molecule has 0 aliphatic heterocycles. The summed E-state index contributed by atoms with van der Waals surface area (Å²) < 4.78 is 57.1. The molecule has 0 unspecified atom stereocenters. The van der Waals surface area contributed by atoms with Crippen LogP contribution in [0.15, 0.2) is 22.6 Å². The Labute approximate surface area is 114 Å². The van der Waals surface area contributed by atoms with Crippen LogP contribution in [0.2, 0.25) is 0 Å². The van der Waals surface area contributed by atoms with E-state index in [9.17, 15) is 17.6 Å². The van der Waals surface area contributed by atoms with Crippen molar-refractivity contribution < 1.29 is 17.6 Å². The molecule has 0 aliphatic rings. The van der Waals surface area contributed by atoms with Gasteiger partial charge in [-0.2, -0.15) is 8.78 Å². The number of hydrogen-bond acceptors (Lipinski definition) is 2. The van der Waals surface area contributed by atoms with E-state index >= 15 is 0 Å². The highest BCUT2D eigenvalue weighted by molar-refractivity contribution is 7.99. The zero-order valence-corrected chi connectivity index (χ0v) is 11.9. The van der Waals surface area contributed by atoms with Crippen LogP contribution in [0.5, 0.6) is 0 Å². The van der Waals surface area contributed by atoms with E-state index < -0.39 is 33.6 Å². The van der Waals surface area contributed by atoms with Crippen molar-refractivity contribution in [3.05, 3.63) is 35.4 Å². The second kappa shape index (κ2) is 5.53. The van der Waals surface area contributed by atoms with Crippen LogP contribution in [0.4, 0.5) is 17.6 Å². The van der Waals surface area contributed by atoms with Gasteiger partial charge in [-0.15, -0.1) is 0 Å². The van der Waals surface area contributed by atoms with Crippen molar-refractivity contribution in [2.24, 2.45) is 4.40 Å². The standard InChI is InChI=1S/C13H15F4NS/c1-12(2,3)19-18-11(13(4,16)17)8-6-5-7-9(14)10(8)15/h5-7H,1-4H3/b18-11+. The fraction of sp³-hybridized carbons (Fsp3) is 0.462. The number of nitrogens with zero attached hydrogens (tertiary/aromatic N) is 1. The third-order valence-corrected chi connectivity index (χ3v) is 2.85. The molecule has 0 aliphatic carbocycles. The summed E-state index contributed by atoms with van der Waals surface area (Å²) in [6.45, 7) is 5.97. The van der Waals surface area contributed by atoms with E-state index in [1.165, 1.54) is 6.07 Å². The molecule has 6 heteroatoms. The SMILES string of the molecule is CC(C)(C)S/N=C(\c1cccc(F)c1F)C(C)(F)F. The van der Waals surface area contributed by atoms with Gasteiger partial charge >= 0.3 is 0 Å². The molecule has 0 radical (unpaired) electrons. The average molecular weight is 293 g/mol. The zero-order valence-electron chi connectivity index (χ0n) is 11.1. The highest BCUT2D eigenvalue weighted by Gasteiger charge is 2.34. The zero-order chi connectivity index (χ0) is 14.8. The van der Waals surface area contributed by atoms with Crippen molar-refractivity contribution in [3.63, 3.8) is 0 Å². The first-order valence-electron chi connectivity index (χ1n) is 5.61. The normalized spacial score (nSPS) is 13.8. The molecule has 0 bridgehead atoms. The number of benzene rings is 1. The highest BCUT2D eigenvalue weighted by Crippen LogP contribution is 2.30. The predicted octanol–water partition coefficient (Wildman–Crippen LogP) is 4.86. The summed E-state index contributed by atoms with van der Waals surface area (Å²) in [5, 5.41) is 0. The van der Waals surface area contributed by atoms with Crippen LogP contribution >= 0.6 is 11.9 Å². The molecule has 0 saturated carbocycles. The van der Waals surface area contributed by atoms with Crippen molar-refractivity contribution in [2.75, 3.05) is 0 Å². The first-order valence-corrected chi connectivity index (χ1v) is 6.38. The minimum absolute atomic E-state index is 0.402. The third kappa shape index (κ3) is 4.53. The number of rotatable bonds is 3. The minimum Gasteiger partial charge on any atom is -0.214 e. The maximum Gasteiger partial charge on any atom is 0.288 e. The van der Waals surface area contributed by atoms with Gasteiger partial charge in [0, 0.05) is 17.2 Å². The van der Waals surface area contributed by atoms with Gasteiger partial charge in [-0.05, 0) is 44.9 Å². The third-order valence-electron chi connectivity index (χ3n) is 2.03. The van der Waals surface area contributed by atoms with Crippen LogP contribution < -0.4 is 0 Å². The topological polar surface area (TPSA) is 12.4 Å². The van der Waals surface area contributed by atoms with Crippen molar-refractivity contribution in [2.45, 2.75) is 38.4 Å². The molecule has 0 amide bonds. The molecule has 1 nitrogen and oxygen atoms in total. The van der Waals surface area contributed by atoms with Crippen LogP contribution in [0.25, 0.3) is 0 Å². The van der Waals surface area contributed by atoms with Gasteiger partial charge in [0.2, 0.25) is 0 Å². The monoisotopic (exact) mass is 293 g/mol. The molecule has 0 fully saturated rings. The summed E-state index contributed by atoms with van der Waals surface area (Å²) in [5.41, 5.74) is -1.27. The van der Waals surface area contributed by atoms with Crippen molar-refractivity contribution in [1.82, 2.24) is 0 Å². The number of halogens is 4. The second-order valence-electron chi connectivity index (χ2n) is 5.13. The van der Waals surface area contributed by atoms with Crippen LogP contribution in [-0.2, 0) is 0 Å². The molecule has 0 aromatic heterocycles. The van der Waals surface area contributed by atoms with Crippen molar-refractivity contribution in [3.8, 4) is 0 Å². The van der Waals surface area contributed by atoms with E-state index in [1.807, 2.05) is 0 Å². The van der Waals surface area contributed by atoms with E-state index in [-0.39, 0.29) is 0 Å². The Bertz CT molecular complexity index is 486. The molecular formula is C13H15F4NS. The number of alkyl halides is 2. The van der Waals surface area contributed by atoms with E-state index in [0.29, 0.717) is 6.92 Å². The Kier molecular flexibility index (Phi) is 4.66. The van der Waals surface area contributed by atoms with Crippen molar-refractivity contribution >= 4 is 17.7 Å². The van der Waals surface area contributed by atoms with E-state index in [4.69, 9.17) is 0 Å². The lowest BCUT2D eigenvalue weighted by Crippen LogP contribution is -2.27. The maximum absolute atomic E-state index is 13.6. The molecule has 0 spiro atoms. The largest absolute Gasteiger partial charge is 0.288 e. The molecule has 0 N–H and O–H groups in total. The fourth-order valence-electron chi connectivity index (χ4n) is 1.24.